The van der Waals surface area contributed by atoms with E-state index in [1.165, 1.54) is 6.92 Å². The number of aliphatic hydroxyl groups excluding tert-OH is 1. The highest BCUT2D eigenvalue weighted by molar-refractivity contribution is 7.98. The third-order valence-electron chi connectivity index (χ3n) is 4.32. The summed E-state index contributed by atoms with van der Waals surface area (Å²) in [6, 6.07) is -0.399. The van der Waals surface area contributed by atoms with Gasteiger partial charge in [0.05, 0.1) is 6.10 Å². The fourth-order valence-corrected chi connectivity index (χ4v) is 3.88. The van der Waals surface area contributed by atoms with Crippen molar-refractivity contribution >= 4 is 23.6 Å². The second-order valence-corrected chi connectivity index (χ2v) is 6.91. The summed E-state index contributed by atoms with van der Waals surface area (Å²) in [6.07, 6.45) is 4.10. The molecule has 1 saturated carbocycles. The number of nitrogens with one attached hydrogen (secondary N) is 1. The maximum atomic E-state index is 12.5. The molecule has 0 aromatic carbocycles. The minimum Gasteiger partial charge on any atom is -0.393 e. The Bertz CT molecular complexity index is 363. The summed E-state index contributed by atoms with van der Waals surface area (Å²) in [5, 5.41) is 12.4. The summed E-state index contributed by atoms with van der Waals surface area (Å²) < 4.78 is 0. The third-order valence-corrected chi connectivity index (χ3v) is 4.97. The number of thioether (sulfide) groups is 1. The van der Waals surface area contributed by atoms with Crippen molar-refractivity contribution < 1.29 is 14.7 Å². The maximum Gasteiger partial charge on any atom is 0.245 e. The molecule has 1 heterocycles. The summed E-state index contributed by atoms with van der Waals surface area (Å²) in [4.78, 5) is 25.7. The number of hydrogen-bond acceptors (Lipinski definition) is 4. The molecule has 2 fully saturated rings. The Hall–Kier alpha value is -0.750. The van der Waals surface area contributed by atoms with Gasteiger partial charge in [-0.1, -0.05) is 0 Å². The summed E-state index contributed by atoms with van der Waals surface area (Å²) in [6.45, 7) is 2.92. The Labute approximate surface area is 124 Å². The molecular weight excluding hydrogens is 276 g/mol. The van der Waals surface area contributed by atoms with E-state index in [9.17, 15) is 14.7 Å². The number of hydrogen-bond donors (Lipinski definition) is 2. The van der Waals surface area contributed by atoms with E-state index in [2.05, 4.69) is 5.32 Å². The van der Waals surface area contributed by atoms with Gasteiger partial charge in [0.15, 0.2) is 0 Å². The number of likely N-dealkylation sites (tertiary alicyclic amines) is 1. The summed E-state index contributed by atoms with van der Waals surface area (Å²) in [7, 11) is 0. The number of nitrogens with zero attached hydrogens (tertiary/aromatic N) is 1. The number of amides is 2. The van der Waals surface area contributed by atoms with E-state index in [4.69, 9.17) is 0 Å². The van der Waals surface area contributed by atoms with E-state index in [-0.39, 0.29) is 17.9 Å². The zero-order chi connectivity index (χ0) is 14.7. The number of carbonyl (C=O) groups is 2. The molecule has 2 rings (SSSR count). The zero-order valence-electron chi connectivity index (χ0n) is 12.2. The SMILES string of the molecule is CSCC[C@H](NC(C)=O)C(=O)N1C[C@H]2CC(O)C[C@H]2C1. The number of aliphatic hydroxyl groups is 1. The molecule has 0 radical (unpaired) electrons. The smallest absolute Gasteiger partial charge is 0.245 e. The van der Waals surface area contributed by atoms with Crippen LogP contribution in [0.25, 0.3) is 0 Å². The van der Waals surface area contributed by atoms with Crippen molar-refractivity contribution in [2.75, 3.05) is 25.1 Å². The van der Waals surface area contributed by atoms with Crippen LogP contribution in [0.4, 0.5) is 0 Å². The van der Waals surface area contributed by atoms with Crippen molar-refractivity contribution in [2.24, 2.45) is 11.8 Å². The first-order valence-corrected chi connectivity index (χ1v) is 8.63. The topological polar surface area (TPSA) is 69.6 Å². The van der Waals surface area contributed by atoms with Crippen LogP contribution >= 0.6 is 11.8 Å². The van der Waals surface area contributed by atoms with Gasteiger partial charge in [-0.2, -0.15) is 11.8 Å². The number of carbonyl (C=O) groups excluding carboxylic acids is 2. The van der Waals surface area contributed by atoms with E-state index in [0.29, 0.717) is 18.3 Å². The molecule has 0 aromatic rings. The standard InChI is InChI=1S/C14H24N2O3S/c1-9(17)15-13(3-4-20-2)14(19)16-7-10-5-12(18)6-11(10)8-16/h10-13,18H,3-8H2,1-2H3,(H,15,17)/t10-,11+,12?,13-/m0/s1. The fourth-order valence-electron chi connectivity index (χ4n) is 3.41. The summed E-state index contributed by atoms with van der Waals surface area (Å²) in [5.74, 6) is 1.62. The zero-order valence-corrected chi connectivity index (χ0v) is 13.0. The highest BCUT2D eigenvalue weighted by atomic mass is 32.2. The highest BCUT2D eigenvalue weighted by Crippen LogP contribution is 2.38. The molecule has 1 unspecified atom stereocenters. The van der Waals surface area contributed by atoms with Crippen molar-refractivity contribution in [3.05, 3.63) is 0 Å². The molecule has 6 heteroatoms. The number of rotatable bonds is 5. The first kappa shape index (κ1) is 15.6. The van der Waals surface area contributed by atoms with Crippen molar-refractivity contribution in [3.63, 3.8) is 0 Å². The van der Waals surface area contributed by atoms with Crippen LogP contribution in [0.5, 0.6) is 0 Å². The van der Waals surface area contributed by atoms with Gasteiger partial charge >= 0.3 is 0 Å². The van der Waals surface area contributed by atoms with Gasteiger partial charge < -0.3 is 15.3 Å². The first-order valence-electron chi connectivity index (χ1n) is 7.24. The normalized spacial score (nSPS) is 30.1. The Morgan fingerprint density at radius 2 is 1.95 bits per heavy atom. The van der Waals surface area contributed by atoms with Gasteiger partial charge in [-0.3, -0.25) is 9.59 Å². The molecule has 0 aromatic heterocycles. The average Bonchev–Trinajstić information content (AvgIpc) is 2.90. The molecule has 2 amide bonds. The molecule has 0 spiro atoms. The van der Waals surface area contributed by atoms with Crippen molar-refractivity contribution in [3.8, 4) is 0 Å². The lowest BCUT2D eigenvalue weighted by Crippen LogP contribution is -2.48. The Morgan fingerprint density at radius 3 is 2.45 bits per heavy atom. The molecule has 1 aliphatic heterocycles. The van der Waals surface area contributed by atoms with Crippen molar-refractivity contribution in [1.29, 1.82) is 0 Å². The molecule has 5 nitrogen and oxygen atoms in total. The minimum atomic E-state index is -0.399. The van der Waals surface area contributed by atoms with Crippen LogP contribution in [0.1, 0.15) is 26.2 Å². The van der Waals surface area contributed by atoms with Gasteiger partial charge in [0.25, 0.3) is 0 Å². The van der Waals surface area contributed by atoms with Crippen LogP contribution in [-0.4, -0.2) is 59.1 Å². The third kappa shape index (κ3) is 3.67. The van der Waals surface area contributed by atoms with Crippen LogP contribution in [0.15, 0.2) is 0 Å². The van der Waals surface area contributed by atoms with E-state index in [0.717, 1.165) is 31.7 Å². The minimum absolute atomic E-state index is 0.0399. The molecule has 2 N–H and O–H groups in total. The van der Waals surface area contributed by atoms with Gasteiger partial charge in [-0.15, -0.1) is 0 Å². The lowest BCUT2D eigenvalue weighted by Gasteiger charge is -2.24. The molecular formula is C14H24N2O3S. The predicted octanol–water partition coefficient (Wildman–Crippen LogP) is 0.473. The average molecular weight is 300 g/mol. The second kappa shape index (κ2) is 6.80. The summed E-state index contributed by atoms with van der Waals surface area (Å²) in [5.41, 5.74) is 0. The highest BCUT2D eigenvalue weighted by Gasteiger charge is 2.42. The van der Waals surface area contributed by atoms with E-state index in [1.54, 1.807) is 11.8 Å². The van der Waals surface area contributed by atoms with Gasteiger partial charge in [0.1, 0.15) is 6.04 Å². The Morgan fingerprint density at radius 1 is 1.35 bits per heavy atom. The molecule has 20 heavy (non-hydrogen) atoms. The monoisotopic (exact) mass is 300 g/mol. The van der Waals surface area contributed by atoms with E-state index >= 15 is 0 Å². The lowest BCUT2D eigenvalue weighted by atomic mass is 10.0. The van der Waals surface area contributed by atoms with Crippen molar-refractivity contribution in [2.45, 2.75) is 38.3 Å². The molecule has 114 valence electrons. The lowest BCUT2D eigenvalue weighted by molar-refractivity contribution is -0.135. The van der Waals surface area contributed by atoms with Crippen LogP contribution in [-0.2, 0) is 9.59 Å². The predicted molar refractivity (Wildman–Crippen MR) is 79.4 cm³/mol. The first-order chi connectivity index (χ1) is 9.51. The molecule has 0 bridgehead atoms. The van der Waals surface area contributed by atoms with Crippen LogP contribution < -0.4 is 5.32 Å². The van der Waals surface area contributed by atoms with Gasteiger partial charge in [0.2, 0.25) is 11.8 Å². The largest absolute Gasteiger partial charge is 0.393 e. The van der Waals surface area contributed by atoms with Crippen LogP contribution in [0.3, 0.4) is 0 Å². The van der Waals surface area contributed by atoms with Gasteiger partial charge in [0, 0.05) is 20.0 Å². The molecule has 1 aliphatic carbocycles. The Balaban J connectivity index is 1.92. The quantitative estimate of drug-likeness (QED) is 0.774. The summed E-state index contributed by atoms with van der Waals surface area (Å²) >= 11 is 1.68. The van der Waals surface area contributed by atoms with Gasteiger partial charge in [-0.05, 0) is 43.1 Å². The maximum absolute atomic E-state index is 12.5. The van der Waals surface area contributed by atoms with Crippen LogP contribution in [0.2, 0.25) is 0 Å². The molecule has 1 saturated heterocycles. The second-order valence-electron chi connectivity index (χ2n) is 5.92. The fraction of sp³-hybridized carbons (Fsp3) is 0.857. The van der Waals surface area contributed by atoms with E-state index in [1.807, 2.05) is 11.2 Å². The number of fused-ring (bicyclic) bond motifs is 1. The van der Waals surface area contributed by atoms with Crippen molar-refractivity contribution in [1.82, 2.24) is 10.2 Å². The Kier molecular flexibility index (Phi) is 5.32. The van der Waals surface area contributed by atoms with Gasteiger partial charge in [-0.25, -0.2) is 0 Å². The molecule has 2 aliphatic rings. The van der Waals surface area contributed by atoms with Crippen LogP contribution in [0, 0.1) is 11.8 Å². The van der Waals surface area contributed by atoms with E-state index < -0.39 is 6.04 Å². The molecule has 4 atom stereocenters.